The fraction of sp³-hybridized carbons (Fsp3) is 0.516. The molecule has 2 N–H and O–H groups in total. The maximum atomic E-state index is 15.1. The summed E-state index contributed by atoms with van der Waals surface area (Å²) in [6, 6.07) is 8.50. The van der Waals surface area contributed by atoms with Gasteiger partial charge in [-0.1, -0.05) is 26.0 Å². The fourth-order valence-electron chi connectivity index (χ4n) is 5.64. The molecule has 0 aliphatic carbocycles. The summed E-state index contributed by atoms with van der Waals surface area (Å²) in [7, 11) is 0. The number of benzene rings is 2. The van der Waals surface area contributed by atoms with Crippen molar-refractivity contribution in [3.05, 3.63) is 59.2 Å². The van der Waals surface area contributed by atoms with Crippen molar-refractivity contribution in [2.45, 2.75) is 64.1 Å². The normalized spacial score (nSPS) is 18.5. The number of primary amides is 1. The van der Waals surface area contributed by atoms with Crippen LogP contribution in [-0.4, -0.2) is 66.1 Å². The SMILES string of the molecule is [C-]#[N+]c1cc(-c2ccc(C(=O)N3CCC[C@H]3C(N)=O)cc2F)ccc1OCC1CCN(CC(F)(CC)CC)CC1. The molecule has 2 aromatic carbocycles. The van der Waals surface area contributed by atoms with E-state index in [1.165, 1.54) is 17.0 Å². The van der Waals surface area contributed by atoms with Crippen LogP contribution in [0.5, 0.6) is 5.75 Å². The van der Waals surface area contributed by atoms with Gasteiger partial charge in [-0.3, -0.25) is 9.59 Å². The van der Waals surface area contributed by atoms with Crippen molar-refractivity contribution >= 4 is 17.5 Å². The molecular weight excluding hydrogens is 514 g/mol. The number of alkyl halides is 1. The van der Waals surface area contributed by atoms with Crippen LogP contribution < -0.4 is 10.5 Å². The minimum Gasteiger partial charge on any atom is -0.504 e. The summed E-state index contributed by atoms with van der Waals surface area (Å²) in [5.74, 6) is -0.823. The number of halogens is 2. The van der Waals surface area contributed by atoms with Gasteiger partial charge in [0, 0.05) is 24.2 Å². The molecule has 2 amide bonds. The minimum absolute atomic E-state index is 0.146. The van der Waals surface area contributed by atoms with E-state index in [9.17, 15) is 14.0 Å². The number of nitrogens with two attached hydrogens (primary N) is 1. The molecule has 0 aromatic heterocycles. The maximum Gasteiger partial charge on any atom is 0.254 e. The molecule has 4 rings (SSSR count). The molecule has 2 aliphatic rings. The zero-order valence-electron chi connectivity index (χ0n) is 23.3. The number of amides is 2. The first kappa shape index (κ1) is 29.5. The van der Waals surface area contributed by atoms with Crippen molar-refractivity contribution in [1.29, 1.82) is 0 Å². The van der Waals surface area contributed by atoms with E-state index in [1.54, 1.807) is 18.2 Å². The number of hydrogen-bond donors (Lipinski definition) is 1. The summed E-state index contributed by atoms with van der Waals surface area (Å²) in [6.07, 6.45) is 4.02. The van der Waals surface area contributed by atoms with Gasteiger partial charge in [0.15, 0.2) is 0 Å². The van der Waals surface area contributed by atoms with Crippen LogP contribution >= 0.6 is 0 Å². The summed E-state index contributed by atoms with van der Waals surface area (Å²) >= 11 is 0. The Balaban J connectivity index is 1.38. The van der Waals surface area contributed by atoms with Crippen molar-refractivity contribution in [2.75, 3.05) is 32.8 Å². The molecule has 2 heterocycles. The van der Waals surface area contributed by atoms with Crippen LogP contribution in [0.4, 0.5) is 14.5 Å². The Hall–Kier alpha value is -3.51. The second-order valence-corrected chi connectivity index (χ2v) is 10.9. The first-order valence-corrected chi connectivity index (χ1v) is 14.1. The van der Waals surface area contributed by atoms with E-state index in [2.05, 4.69) is 9.74 Å². The van der Waals surface area contributed by atoms with Gasteiger partial charge in [-0.2, -0.15) is 0 Å². The van der Waals surface area contributed by atoms with E-state index in [1.807, 2.05) is 13.8 Å². The van der Waals surface area contributed by atoms with Gasteiger partial charge in [-0.25, -0.2) is 13.6 Å². The zero-order chi connectivity index (χ0) is 28.9. The largest absolute Gasteiger partial charge is 0.504 e. The highest BCUT2D eigenvalue weighted by atomic mass is 19.1. The quantitative estimate of drug-likeness (QED) is 0.381. The van der Waals surface area contributed by atoms with Crippen LogP contribution in [0.15, 0.2) is 36.4 Å². The van der Waals surface area contributed by atoms with Crippen LogP contribution in [0.1, 0.15) is 62.7 Å². The third-order valence-electron chi connectivity index (χ3n) is 8.40. The van der Waals surface area contributed by atoms with Crippen LogP contribution in [-0.2, 0) is 4.79 Å². The van der Waals surface area contributed by atoms with Gasteiger partial charge in [-0.05, 0) is 87.4 Å². The molecule has 7 nitrogen and oxygen atoms in total. The average Bonchev–Trinajstić information content (AvgIpc) is 3.47. The van der Waals surface area contributed by atoms with E-state index in [0.717, 1.165) is 32.0 Å². The lowest BCUT2D eigenvalue weighted by Gasteiger charge is -2.36. The lowest BCUT2D eigenvalue weighted by molar-refractivity contribution is -0.121. The van der Waals surface area contributed by atoms with Crippen LogP contribution in [0, 0.1) is 18.3 Å². The van der Waals surface area contributed by atoms with E-state index < -0.39 is 29.3 Å². The maximum absolute atomic E-state index is 15.1. The van der Waals surface area contributed by atoms with Crippen molar-refractivity contribution in [2.24, 2.45) is 11.7 Å². The second kappa shape index (κ2) is 12.8. The summed E-state index contributed by atoms with van der Waals surface area (Å²) in [6.45, 7) is 14.4. The number of carbonyl (C=O) groups excluding carboxylic acids is 2. The van der Waals surface area contributed by atoms with Gasteiger partial charge in [-0.15, -0.1) is 0 Å². The first-order valence-electron chi connectivity index (χ1n) is 14.1. The number of likely N-dealkylation sites (tertiary alicyclic amines) is 2. The van der Waals surface area contributed by atoms with Gasteiger partial charge >= 0.3 is 0 Å². The van der Waals surface area contributed by atoms with E-state index in [4.69, 9.17) is 17.0 Å². The molecule has 2 aliphatic heterocycles. The van der Waals surface area contributed by atoms with Crippen molar-refractivity contribution in [3.63, 3.8) is 0 Å². The van der Waals surface area contributed by atoms with E-state index in [0.29, 0.717) is 62.6 Å². The van der Waals surface area contributed by atoms with E-state index >= 15 is 4.39 Å². The molecule has 0 unspecified atom stereocenters. The fourth-order valence-corrected chi connectivity index (χ4v) is 5.64. The minimum atomic E-state index is -1.13. The number of hydrogen-bond acceptors (Lipinski definition) is 4. The van der Waals surface area contributed by atoms with Gasteiger partial charge in [0.25, 0.3) is 5.91 Å². The molecule has 0 bridgehead atoms. The number of ether oxygens (including phenoxy) is 1. The summed E-state index contributed by atoms with van der Waals surface area (Å²) in [4.78, 5) is 31.7. The Morgan fingerprint density at radius 1 is 1.10 bits per heavy atom. The van der Waals surface area contributed by atoms with E-state index in [-0.39, 0.29) is 16.8 Å². The molecule has 2 saturated heterocycles. The Kier molecular flexibility index (Phi) is 9.41. The summed E-state index contributed by atoms with van der Waals surface area (Å²) < 4.78 is 35.9. The highest BCUT2D eigenvalue weighted by Gasteiger charge is 2.33. The molecule has 1 atom stereocenters. The molecule has 0 radical (unpaired) electrons. The molecule has 2 fully saturated rings. The topological polar surface area (TPSA) is 80.2 Å². The average molecular weight is 553 g/mol. The number of nitrogens with zero attached hydrogens (tertiary/aromatic N) is 3. The Labute approximate surface area is 235 Å². The van der Waals surface area contributed by atoms with Gasteiger partial charge in [0.05, 0.1) is 13.2 Å². The predicted molar refractivity (Wildman–Crippen MR) is 150 cm³/mol. The zero-order valence-corrected chi connectivity index (χ0v) is 23.3. The third-order valence-corrected chi connectivity index (χ3v) is 8.40. The van der Waals surface area contributed by atoms with Crippen LogP contribution in [0.3, 0.4) is 0 Å². The van der Waals surface area contributed by atoms with Gasteiger partial charge in [0.1, 0.15) is 23.3 Å². The Morgan fingerprint density at radius 3 is 2.45 bits per heavy atom. The molecule has 0 spiro atoms. The first-order chi connectivity index (χ1) is 19.2. The molecular formula is C31H38F2N4O3. The molecule has 0 saturated carbocycles. The van der Waals surface area contributed by atoms with Crippen LogP contribution in [0.25, 0.3) is 16.0 Å². The summed E-state index contributed by atoms with van der Waals surface area (Å²) in [5, 5.41) is 0. The number of rotatable bonds is 10. The Morgan fingerprint density at radius 2 is 1.82 bits per heavy atom. The molecule has 2 aromatic rings. The monoisotopic (exact) mass is 552 g/mol. The highest BCUT2D eigenvalue weighted by Crippen LogP contribution is 2.35. The molecule has 214 valence electrons. The number of piperidine rings is 1. The van der Waals surface area contributed by atoms with Crippen molar-refractivity contribution in [1.82, 2.24) is 9.80 Å². The lowest BCUT2D eigenvalue weighted by Crippen LogP contribution is -2.44. The van der Waals surface area contributed by atoms with Crippen LogP contribution in [0.2, 0.25) is 0 Å². The standard InChI is InChI=1S/C31H38F2N4O3/c1-4-31(33,5-2)20-36-15-12-21(13-16-36)19-40-28-11-9-22(18-26(28)35-3)24-10-8-23(17-25(24)32)30(39)37-14-6-7-27(37)29(34)38/h8-11,17-18,21,27H,4-7,12-16,19-20H2,1-2H3,(H2,34,38)/t27-/m0/s1. The molecule has 9 heteroatoms. The number of carbonyl (C=O) groups is 2. The van der Waals surface area contributed by atoms with Gasteiger partial charge in [0.2, 0.25) is 11.6 Å². The third kappa shape index (κ3) is 6.61. The lowest BCUT2D eigenvalue weighted by atomic mass is 9.94. The van der Waals surface area contributed by atoms with Crippen molar-refractivity contribution < 1.29 is 23.1 Å². The van der Waals surface area contributed by atoms with Gasteiger partial charge < -0.3 is 20.3 Å². The predicted octanol–water partition coefficient (Wildman–Crippen LogP) is 5.75. The Bertz CT molecular complexity index is 1270. The second-order valence-electron chi connectivity index (χ2n) is 10.9. The smallest absolute Gasteiger partial charge is 0.254 e. The highest BCUT2D eigenvalue weighted by molar-refractivity contribution is 5.98. The van der Waals surface area contributed by atoms with Crippen molar-refractivity contribution in [3.8, 4) is 16.9 Å². The summed E-state index contributed by atoms with van der Waals surface area (Å²) in [5.41, 5.74) is 5.47. The molecule has 40 heavy (non-hydrogen) atoms.